The maximum atomic E-state index is 13.3. The van der Waals surface area contributed by atoms with Crippen LogP contribution in [0.25, 0.3) is 10.4 Å². The summed E-state index contributed by atoms with van der Waals surface area (Å²) in [4.78, 5) is 13.0. The minimum Gasteiger partial charge on any atom is -0.478 e. The predicted octanol–water partition coefficient (Wildman–Crippen LogP) is 2.19. The van der Waals surface area contributed by atoms with Crippen LogP contribution in [0.5, 0.6) is 0 Å². The summed E-state index contributed by atoms with van der Waals surface area (Å²) in [5, 5.41) is 11.7. The average molecular weight is 219 g/mol. The van der Waals surface area contributed by atoms with Crippen LogP contribution in [0.15, 0.2) is 23.3 Å². The fourth-order valence-electron chi connectivity index (χ4n) is 0.951. The Morgan fingerprint density at radius 2 is 2.38 bits per heavy atom. The third-order valence-electron chi connectivity index (χ3n) is 1.65. The SMILES string of the molecule is [N-]=[N+]=NCC#Cc1ccc(C(=O)O)cc1F. The molecule has 0 aliphatic carbocycles. The van der Waals surface area contributed by atoms with Crippen molar-refractivity contribution < 1.29 is 14.3 Å². The van der Waals surface area contributed by atoms with Gasteiger partial charge in [-0.2, -0.15) is 0 Å². The highest BCUT2D eigenvalue weighted by atomic mass is 19.1. The maximum absolute atomic E-state index is 13.3. The van der Waals surface area contributed by atoms with Crippen molar-refractivity contribution in [2.45, 2.75) is 0 Å². The van der Waals surface area contributed by atoms with Crippen molar-refractivity contribution in [3.63, 3.8) is 0 Å². The van der Waals surface area contributed by atoms with E-state index in [2.05, 4.69) is 21.9 Å². The summed E-state index contributed by atoms with van der Waals surface area (Å²) in [6, 6.07) is 3.41. The molecule has 6 heteroatoms. The molecule has 80 valence electrons. The third-order valence-corrected chi connectivity index (χ3v) is 1.65. The summed E-state index contributed by atoms with van der Waals surface area (Å²) < 4.78 is 13.3. The molecule has 5 nitrogen and oxygen atoms in total. The van der Waals surface area contributed by atoms with E-state index in [0.717, 1.165) is 6.07 Å². The van der Waals surface area contributed by atoms with Crippen LogP contribution in [-0.2, 0) is 0 Å². The van der Waals surface area contributed by atoms with Crippen molar-refractivity contribution in [3.8, 4) is 11.8 Å². The molecule has 16 heavy (non-hydrogen) atoms. The van der Waals surface area contributed by atoms with Crippen LogP contribution in [0, 0.1) is 17.7 Å². The molecule has 0 amide bonds. The number of azide groups is 1. The normalized spacial score (nSPS) is 8.56. The van der Waals surface area contributed by atoms with Gasteiger partial charge >= 0.3 is 5.97 Å². The van der Waals surface area contributed by atoms with Crippen molar-refractivity contribution in [1.82, 2.24) is 0 Å². The van der Waals surface area contributed by atoms with E-state index in [1.165, 1.54) is 12.1 Å². The Morgan fingerprint density at radius 1 is 1.62 bits per heavy atom. The predicted molar refractivity (Wildman–Crippen MR) is 54.3 cm³/mol. The van der Waals surface area contributed by atoms with Crippen LogP contribution >= 0.6 is 0 Å². The molecule has 1 rings (SSSR count). The van der Waals surface area contributed by atoms with Gasteiger partial charge in [0.15, 0.2) is 0 Å². The lowest BCUT2D eigenvalue weighted by atomic mass is 10.1. The zero-order valence-corrected chi connectivity index (χ0v) is 8.01. The fraction of sp³-hybridized carbons (Fsp3) is 0.100. The topological polar surface area (TPSA) is 86.1 Å². The van der Waals surface area contributed by atoms with Crippen LogP contribution in [0.3, 0.4) is 0 Å². The minimum atomic E-state index is -1.20. The third kappa shape index (κ3) is 3.01. The zero-order chi connectivity index (χ0) is 12.0. The van der Waals surface area contributed by atoms with E-state index in [1.807, 2.05) is 0 Å². The fourth-order valence-corrected chi connectivity index (χ4v) is 0.951. The molecule has 1 aromatic carbocycles. The Bertz CT molecular complexity index is 525. The number of carbonyl (C=O) groups is 1. The van der Waals surface area contributed by atoms with E-state index in [1.54, 1.807) is 0 Å². The van der Waals surface area contributed by atoms with E-state index in [-0.39, 0.29) is 17.7 Å². The van der Waals surface area contributed by atoms with Gasteiger partial charge in [-0.25, -0.2) is 9.18 Å². The second kappa shape index (κ2) is 5.39. The number of benzene rings is 1. The number of hydrogen-bond acceptors (Lipinski definition) is 2. The molecule has 1 aromatic rings. The van der Waals surface area contributed by atoms with Gasteiger partial charge in [0.1, 0.15) is 5.82 Å². The van der Waals surface area contributed by atoms with Gasteiger partial charge in [0, 0.05) is 4.91 Å². The Kier molecular flexibility index (Phi) is 3.90. The highest BCUT2D eigenvalue weighted by Gasteiger charge is 2.06. The van der Waals surface area contributed by atoms with Gasteiger partial charge in [-0.3, -0.25) is 0 Å². The first-order valence-electron chi connectivity index (χ1n) is 4.17. The summed E-state index contributed by atoms with van der Waals surface area (Å²) in [7, 11) is 0. The van der Waals surface area contributed by atoms with E-state index in [9.17, 15) is 9.18 Å². The van der Waals surface area contributed by atoms with Crippen molar-refractivity contribution in [2.75, 3.05) is 6.54 Å². The number of aromatic carboxylic acids is 1. The van der Waals surface area contributed by atoms with Gasteiger partial charge < -0.3 is 5.11 Å². The van der Waals surface area contributed by atoms with Crippen molar-refractivity contribution in [1.29, 1.82) is 0 Å². The van der Waals surface area contributed by atoms with Crippen molar-refractivity contribution >= 4 is 5.97 Å². The monoisotopic (exact) mass is 219 g/mol. The first-order chi connectivity index (χ1) is 7.65. The molecule has 0 spiro atoms. The molecule has 0 aliphatic heterocycles. The minimum absolute atomic E-state index is 0.0589. The van der Waals surface area contributed by atoms with Gasteiger partial charge in [0.2, 0.25) is 0 Å². The number of nitrogens with zero attached hydrogens (tertiary/aromatic N) is 3. The smallest absolute Gasteiger partial charge is 0.335 e. The summed E-state index contributed by atoms with van der Waals surface area (Å²) in [5.74, 6) is 2.95. The summed E-state index contributed by atoms with van der Waals surface area (Å²) in [5.41, 5.74) is 7.89. The zero-order valence-electron chi connectivity index (χ0n) is 8.01. The molecule has 0 unspecified atom stereocenters. The highest BCUT2D eigenvalue weighted by Crippen LogP contribution is 2.09. The first-order valence-corrected chi connectivity index (χ1v) is 4.17. The number of carboxylic acid groups (broad SMARTS) is 1. The van der Waals surface area contributed by atoms with E-state index in [4.69, 9.17) is 10.6 Å². The molecule has 0 aromatic heterocycles. The Balaban J connectivity index is 2.93. The lowest BCUT2D eigenvalue weighted by Crippen LogP contribution is -1.97. The number of halogens is 1. The van der Waals surface area contributed by atoms with Gasteiger partial charge in [0.05, 0.1) is 17.7 Å². The standard InChI is InChI=1S/C10H6FN3O2/c11-9-6-8(10(15)16)4-3-7(9)2-1-5-13-14-12/h3-4,6H,5H2,(H,15,16). The van der Waals surface area contributed by atoms with Crippen LogP contribution < -0.4 is 0 Å². The molecule has 0 saturated carbocycles. The molecule has 0 bridgehead atoms. The second-order valence-electron chi connectivity index (χ2n) is 2.69. The quantitative estimate of drug-likeness (QED) is 0.357. The largest absolute Gasteiger partial charge is 0.478 e. The number of hydrogen-bond donors (Lipinski definition) is 1. The van der Waals surface area contributed by atoms with Crippen molar-refractivity contribution in [2.24, 2.45) is 5.11 Å². The molecule has 0 radical (unpaired) electrons. The average Bonchev–Trinajstić information content (AvgIpc) is 2.26. The Morgan fingerprint density at radius 3 is 2.94 bits per heavy atom. The van der Waals surface area contributed by atoms with Gasteiger partial charge in [0.25, 0.3) is 0 Å². The van der Waals surface area contributed by atoms with E-state index >= 15 is 0 Å². The lowest BCUT2D eigenvalue weighted by Gasteiger charge is -1.96. The molecule has 0 atom stereocenters. The van der Waals surface area contributed by atoms with Gasteiger partial charge in [-0.15, -0.1) is 0 Å². The second-order valence-corrected chi connectivity index (χ2v) is 2.69. The van der Waals surface area contributed by atoms with Crippen LogP contribution in [-0.4, -0.2) is 17.6 Å². The molecule has 0 aliphatic rings. The summed E-state index contributed by atoms with van der Waals surface area (Å²) in [6.45, 7) is -0.0589. The summed E-state index contributed by atoms with van der Waals surface area (Å²) in [6.07, 6.45) is 0. The van der Waals surface area contributed by atoms with Gasteiger partial charge in [-0.05, 0) is 23.7 Å². The Labute approximate surface area is 90.1 Å². The molecule has 0 saturated heterocycles. The lowest BCUT2D eigenvalue weighted by molar-refractivity contribution is 0.0696. The highest BCUT2D eigenvalue weighted by molar-refractivity contribution is 5.87. The molecule has 0 fully saturated rings. The number of carboxylic acids is 1. The summed E-state index contributed by atoms with van der Waals surface area (Å²) >= 11 is 0. The van der Waals surface area contributed by atoms with Crippen LogP contribution in [0.2, 0.25) is 0 Å². The van der Waals surface area contributed by atoms with E-state index < -0.39 is 11.8 Å². The Hall–Kier alpha value is -2.51. The molecular formula is C10H6FN3O2. The maximum Gasteiger partial charge on any atom is 0.335 e. The van der Waals surface area contributed by atoms with Gasteiger partial charge in [-0.1, -0.05) is 17.0 Å². The van der Waals surface area contributed by atoms with Crippen LogP contribution in [0.1, 0.15) is 15.9 Å². The molecule has 0 heterocycles. The molecular weight excluding hydrogens is 213 g/mol. The van der Waals surface area contributed by atoms with Crippen molar-refractivity contribution in [3.05, 3.63) is 45.6 Å². The molecule has 1 N–H and O–H groups in total. The number of rotatable bonds is 2. The van der Waals surface area contributed by atoms with Crippen LogP contribution in [0.4, 0.5) is 4.39 Å². The first kappa shape index (κ1) is 11.6. The van der Waals surface area contributed by atoms with E-state index in [0.29, 0.717) is 0 Å².